The molecule has 0 bridgehead atoms. The van der Waals surface area contributed by atoms with Gasteiger partial charge < -0.3 is 10.1 Å². The second-order valence-electron chi connectivity index (χ2n) is 6.54. The smallest absolute Gasteiger partial charge is 0.272 e. The highest BCUT2D eigenvalue weighted by molar-refractivity contribution is 6.04. The zero-order valence-electron chi connectivity index (χ0n) is 15.6. The highest BCUT2D eigenvalue weighted by Gasteiger charge is 2.17. The highest BCUT2D eigenvalue weighted by Crippen LogP contribution is 2.20. The fraction of sp³-hybridized carbons (Fsp3) is 0.130. The number of hydrogen-bond donors (Lipinski definition) is 1. The minimum absolute atomic E-state index is 0.189. The van der Waals surface area contributed by atoms with E-state index in [0.717, 1.165) is 27.8 Å². The lowest BCUT2D eigenvalue weighted by atomic mass is 10.2. The molecule has 0 aliphatic carbocycles. The number of ether oxygens (including phenoxy) is 1. The summed E-state index contributed by atoms with van der Waals surface area (Å²) in [5.74, 6) is 0.579. The van der Waals surface area contributed by atoms with Crippen LogP contribution in [-0.2, 0) is 13.1 Å². The number of amides is 1. The highest BCUT2D eigenvalue weighted by atomic mass is 16.5. The zero-order valence-corrected chi connectivity index (χ0v) is 15.6. The average molecular weight is 371 g/mol. The van der Waals surface area contributed by atoms with Crippen LogP contribution in [0.1, 0.15) is 21.6 Å². The van der Waals surface area contributed by atoms with E-state index >= 15 is 0 Å². The largest absolute Gasteiger partial charge is 0.497 e. The van der Waals surface area contributed by atoms with E-state index in [0.29, 0.717) is 18.8 Å². The second kappa shape index (κ2) is 7.96. The normalized spacial score (nSPS) is 10.8. The number of hydrogen-bond acceptors (Lipinski definition) is 3. The molecule has 5 nitrogen and oxygen atoms in total. The van der Waals surface area contributed by atoms with E-state index in [9.17, 15) is 4.79 Å². The van der Waals surface area contributed by atoms with E-state index in [1.54, 1.807) is 7.11 Å². The number of fused-ring (bicyclic) bond motifs is 1. The molecule has 0 atom stereocenters. The van der Waals surface area contributed by atoms with Gasteiger partial charge in [0.15, 0.2) is 5.69 Å². The summed E-state index contributed by atoms with van der Waals surface area (Å²) >= 11 is 0. The molecule has 0 unspecified atom stereocenters. The predicted octanol–water partition coefficient (Wildman–Crippen LogP) is 4.02. The summed E-state index contributed by atoms with van der Waals surface area (Å²) in [6.45, 7) is 1.03. The molecule has 1 N–H and O–H groups in total. The Morgan fingerprint density at radius 2 is 1.71 bits per heavy atom. The van der Waals surface area contributed by atoms with Crippen LogP contribution in [-0.4, -0.2) is 22.8 Å². The molecular weight excluding hydrogens is 350 g/mol. The number of nitrogens with zero attached hydrogens (tertiary/aromatic N) is 2. The van der Waals surface area contributed by atoms with Gasteiger partial charge in [-0.05, 0) is 29.3 Å². The maximum atomic E-state index is 12.8. The molecule has 0 saturated heterocycles. The first-order valence-electron chi connectivity index (χ1n) is 9.15. The molecule has 0 fully saturated rings. The van der Waals surface area contributed by atoms with Crippen LogP contribution < -0.4 is 10.1 Å². The van der Waals surface area contributed by atoms with Crippen LogP contribution in [0.5, 0.6) is 5.75 Å². The molecule has 0 aliphatic heterocycles. The van der Waals surface area contributed by atoms with Gasteiger partial charge in [-0.15, -0.1) is 0 Å². The van der Waals surface area contributed by atoms with Gasteiger partial charge in [-0.25, -0.2) is 0 Å². The van der Waals surface area contributed by atoms with Crippen LogP contribution in [0.4, 0.5) is 0 Å². The molecule has 0 radical (unpaired) electrons. The predicted molar refractivity (Wildman–Crippen MR) is 109 cm³/mol. The first-order valence-corrected chi connectivity index (χ1v) is 9.15. The van der Waals surface area contributed by atoms with E-state index in [1.807, 2.05) is 71.4 Å². The van der Waals surface area contributed by atoms with Gasteiger partial charge in [0.25, 0.3) is 5.91 Å². The van der Waals surface area contributed by atoms with Crippen LogP contribution >= 0.6 is 0 Å². The molecule has 1 aromatic heterocycles. The fourth-order valence-electron chi connectivity index (χ4n) is 3.22. The summed E-state index contributed by atoms with van der Waals surface area (Å²) in [6.07, 6.45) is 0. The zero-order chi connectivity index (χ0) is 19.3. The monoisotopic (exact) mass is 371 g/mol. The summed E-state index contributed by atoms with van der Waals surface area (Å²) in [4.78, 5) is 12.8. The molecule has 0 aliphatic rings. The summed E-state index contributed by atoms with van der Waals surface area (Å²) in [6, 6.07) is 25.6. The molecule has 5 heteroatoms. The average Bonchev–Trinajstić information content (AvgIpc) is 3.11. The van der Waals surface area contributed by atoms with Crippen molar-refractivity contribution < 1.29 is 9.53 Å². The molecule has 140 valence electrons. The summed E-state index contributed by atoms with van der Waals surface area (Å²) in [5.41, 5.74) is 3.49. The van der Waals surface area contributed by atoms with Crippen molar-refractivity contribution in [2.75, 3.05) is 7.11 Å². The second-order valence-corrected chi connectivity index (χ2v) is 6.54. The summed E-state index contributed by atoms with van der Waals surface area (Å²) in [5, 5.41) is 8.42. The van der Waals surface area contributed by atoms with Crippen LogP contribution in [0, 0.1) is 0 Å². The van der Waals surface area contributed by atoms with Crippen molar-refractivity contribution in [2.24, 2.45) is 0 Å². The topological polar surface area (TPSA) is 56.1 Å². The minimum Gasteiger partial charge on any atom is -0.497 e. The van der Waals surface area contributed by atoms with Gasteiger partial charge in [-0.1, -0.05) is 60.7 Å². The Bertz CT molecular complexity index is 1100. The molecule has 1 amide bonds. The van der Waals surface area contributed by atoms with E-state index in [2.05, 4.69) is 22.5 Å². The Balaban J connectivity index is 1.58. The Hall–Kier alpha value is -3.60. The van der Waals surface area contributed by atoms with Gasteiger partial charge in [0, 0.05) is 11.9 Å². The number of aromatic nitrogens is 2. The Morgan fingerprint density at radius 3 is 2.54 bits per heavy atom. The van der Waals surface area contributed by atoms with Crippen LogP contribution in [0.2, 0.25) is 0 Å². The first-order chi connectivity index (χ1) is 13.7. The van der Waals surface area contributed by atoms with Crippen LogP contribution in [0.3, 0.4) is 0 Å². The number of methoxy groups -OCH3 is 1. The van der Waals surface area contributed by atoms with Gasteiger partial charge in [0.05, 0.1) is 19.2 Å². The lowest BCUT2D eigenvalue weighted by Gasteiger charge is -2.06. The van der Waals surface area contributed by atoms with E-state index in [1.165, 1.54) is 0 Å². The third-order valence-corrected chi connectivity index (χ3v) is 4.64. The number of rotatable bonds is 6. The van der Waals surface area contributed by atoms with Crippen LogP contribution in [0.25, 0.3) is 10.9 Å². The van der Waals surface area contributed by atoms with Crippen molar-refractivity contribution in [3.8, 4) is 5.75 Å². The number of carbonyl (C=O) groups is 1. The van der Waals surface area contributed by atoms with E-state index < -0.39 is 0 Å². The summed E-state index contributed by atoms with van der Waals surface area (Å²) < 4.78 is 7.12. The minimum atomic E-state index is -0.189. The number of para-hydroxylation sites is 1. The van der Waals surface area contributed by atoms with Crippen molar-refractivity contribution in [2.45, 2.75) is 13.1 Å². The van der Waals surface area contributed by atoms with Crippen molar-refractivity contribution in [3.63, 3.8) is 0 Å². The molecule has 3 aromatic carbocycles. The first kappa shape index (κ1) is 17.8. The Labute approximate surface area is 163 Å². The lowest BCUT2D eigenvalue weighted by molar-refractivity contribution is 0.0946. The molecule has 4 aromatic rings. The van der Waals surface area contributed by atoms with Gasteiger partial charge in [-0.3, -0.25) is 9.48 Å². The number of benzene rings is 3. The van der Waals surface area contributed by atoms with Crippen molar-refractivity contribution in [3.05, 3.63) is 95.7 Å². The quantitative estimate of drug-likeness (QED) is 0.557. The third-order valence-electron chi connectivity index (χ3n) is 4.64. The molecule has 4 rings (SSSR count). The molecule has 28 heavy (non-hydrogen) atoms. The SMILES string of the molecule is COc1cccc(CNC(=O)c2nn(Cc3ccccc3)c3ccccc23)c1. The maximum absolute atomic E-state index is 12.8. The van der Waals surface area contributed by atoms with E-state index in [4.69, 9.17) is 4.74 Å². The third kappa shape index (κ3) is 3.74. The molecule has 0 saturated carbocycles. The summed E-state index contributed by atoms with van der Waals surface area (Å²) in [7, 11) is 1.63. The van der Waals surface area contributed by atoms with Gasteiger partial charge >= 0.3 is 0 Å². The Morgan fingerprint density at radius 1 is 0.964 bits per heavy atom. The Kier molecular flexibility index (Phi) is 5.06. The van der Waals surface area contributed by atoms with Gasteiger partial charge in [0.1, 0.15) is 5.75 Å². The molecule has 1 heterocycles. The number of carbonyl (C=O) groups excluding carboxylic acids is 1. The fourth-order valence-corrected chi connectivity index (χ4v) is 3.22. The van der Waals surface area contributed by atoms with Crippen molar-refractivity contribution in [1.29, 1.82) is 0 Å². The van der Waals surface area contributed by atoms with Gasteiger partial charge in [-0.2, -0.15) is 5.10 Å². The van der Waals surface area contributed by atoms with Crippen molar-refractivity contribution in [1.82, 2.24) is 15.1 Å². The lowest BCUT2D eigenvalue weighted by Crippen LogP contribution is -2.23. The van der Waals surface area contributed by atoms with Gasteiger partial charge in [0.2, 0.25) is 0 Å². The molecular formula is C23H21N3O2. The molecule has 0 spiro atoms. The standard InChI is InChI=1S/C23H21N3O2/c1-28-19-11-7-10-18(14-19)15-24-23(27)22-20-12-5-6-13-21(20)26(25-22)16-17-8-3-2-4-9-17/h2-14H,15-16H2,1H3,(H,24,27). The maximum Gasteiger partial charge on any atom is 0.272 e. The van der Waals surface area contributed by atoms with Crippen LogP contribution in [0.15, 0.2) is 78.9 Å². The number of nitrogens with one attached hydrogen (secondary N) is 1. The van der Waals surface area contributed by atoms with Crippen molar-refractivity contribution >= 4 is 16.8 Å². The van der Waals surface area contributed by atoms with E-state index in [-0.39, 0.29) is 5.91 Å².